The molecule has 6 heteroatoms. The molecule has 3 N–H and O–H groups in total. The number of halogens is 1. The van der Waals surface area contributed by atoms with Gasteiger partial charge in [0.2, 0.25) is 0 Å². The molecule has 1 atom stereocenters. The topological polar surface area (TPSA) is 63.8 Å². The fraction of sp³-hybridized carbons (Fsp3) is 0.231. The summed E-state index contributed by atoms with van der Waals surface area (Å²) in [7, 11) is 0. The van der Waals surface area contributed by atoms with Crippen LogP contribution in [-0.2, 0) is 0 Å². The number of hydrogen-bond acceptors (Lipinski definition) is 5. The Balaban J connectivity index is 2.16. The zero-order valence-corrected chi connectivity index (χ0v) is 12.3. The molecule has 0 aliphatic carbocycles. The summed E-state index contributed by atoms with van der Waals surface area (Å²) in [6, 6.07) is 9.56. The second-order valence-corrected chi connectivity index (χ2v) is 5.29. The molecule has 0 aliphatic rings. The number of anilines is 2. The predicted octanol–water partition coefficient (Wildman–Crippen LogP) is 3.61. The van der Waals surface area contributed by atoms with Crippen LogP contribution < -0.4 is 11.1 Å². The van der Waals surface area contributed by atoms with Crippen molar-refractivity contribution in [1.29, 1.82) is 0 Å². The van der Waals surface area contributed by atoms with Crippen molar-refractivity contribution in [2.75, 3.05) is 17.3 Å². The summed E-state index contributed by atoms with van der Waals surface area (Å²) in [5, 5.41) is 4.69. The van der Waals surface area contributed by atoms with Crippen LogP contribution in [0, 0.1) is 0 Å². The maximum absolute atomic E-state index is 5.88. The van der Waals surface area contributed by atoms with Crippen molar-refractivity contribution in [3.05, 3.63) is 40.9 Å². The van der Waals surface area contributed by atoms with Crippen LogP contribution in [0.5, 0.6) is 0 Å². The zero-order valence-electron chi connectivity index (χ0n) is 10.7. The molecular formula is C13H15ClN4S. The Hall–Kier alpha value is -1.46. The third-order valence-electron chi connectivity index (χ3n) is 2.64. The van der Waals surface area contributed by atoms with Gasteiger partial charge >= 0.3 is 0 Å². The molecule has 0 radical (unpaired) electrons. The van der Waals surface area contributed by atoms with Crippen molar-refractivity contribution >= 4 is 35.0 Å². The van der Waals surface area contributed by atoms with Crippen molar-refractivity contribution in [3.63, 3.8) is 0 Å². The molecule has 0 saturated heterocycles. The van der Waals surface area contributed by atoms with E-state index in [4.69, 9.17) is 17.3 Å². The lowest BCUT2D eigenvalue weighted by Crippen LogP contribution is -2.09. The van der Waals surface area contributed by atoms with Gasteiger partial charge in [0.15, 0.2) is 5.16 Å². The summed E-state index contributed by atoms with van der Waals surface area (Å²) < 4.78 is 0. The van der Waals surface area contributed by atoms with Crippen molar-refractivity contribution in [1.82, 2.24) is 9.97 Å². The standard InChI is InChI=1S/C13H15ClN4S/c1-8(9-3-5-10(14)6-4-9)16-12-7-11(15)17-13(18-12)19-2/h3-8H,1-2H3,(H3,15,16,17,18). The Morgan fingerprint density at radius 2 is 1.95 bits per heavy atom. The largest absolute Gasteiger partial charge is 0.383 e. The van der Waals surface area contributed by atoms with Gasteiger partial charge in [0.05, 0.1) is 0 Å². The number of nitrogens with zero attached hydrogens (tertiary/aromatic N) is 2. The van der Waals surface area contributed by atoms with Crippen LogP contribution in [-0.4, -0.2) is 16.2 Å². The number of thioether (sulfide) groups is 1. The lowest BCUT2D eigenvalue weighted by molar-refractivity contribution is 0.857. The Labute approximate surface area is 121 Å². The first-order valence-electron chi connectivity index (χ1n) is 5.79. The van der Waals surface area contributed by atoms with Crippen LogP contribution in [0.4, 0.5) is 11.6 Å². The second-order valence-electron chi connectivity index (χ2n) is 4.08. The minimum Gasteiger partial charge on any atom is -0.383 e. The first-order chi connectivity index (χ1) is 9.08. The molecule has 0 saturated carbocycles. The average molecular weight is 295 g/mol. The van der Waals surface area contributed by atoms with Gasteiger partial charge in [0, 0.05) is 17.1 Å². The number of hydrogen-bond donors (Lipinski definition) is 2. The number of benzene rings is 1. The van der Waals surface area contributed by atoms with E-state index in [9.17, 15) is 0 Å². The van der Waals surface area contributed by atoms with Gasteiger partial charge in [-0.05, 0) is 30.9 Å². The summed E-state index contributed by atoms with van der Waals surface area (Å²) in [5.74, 6) is 1.18. The summed E-state index contributed by atoms with van der Waals surface area (Å²) in [5.41, 5.74) is 6.88. The SMILES string of the molecule is CSc1nc(N)cc(NC(C)c2ccc(Cl)cc2)n1. The van der Waals surface area contributed by atoms with E-state index < -0.39 is 0 Å². The molecule has 1 heterocycles. The Kier molecular flexibility index (Phi) is 4.50. The second kappa shape index (κ2) is 6.12. The van der Waals surface area contributed by atoms with Crippen LogP contribution in [0.25, 0.3) is 0 Å². The number of nitrogens with two attached hydrogens (primary N) is 1. The Morgan fingerprint density at radius 3 is 2.58 bits per heavy atom. The van der Waals surface area contributed by atoms with Crippen LogP contribution >= 0.6 is 23.4 Å². The highest BCUT2D eigenvalue weighted by molar-refractivity contribution is 7.98. The van der Waals surface area contributed by atoms with Crippen molar-refractivity contribution in [2.24, 2.45) is 0 Å². The molecule has 0 fully saturated rings. The number of aromatic nitrogens is 2. The highest BCUT2D eigenvalue weighted by Crippen LogP contribution is 2.22. The molecule has 2 rings (SSSR count). The lowest BCUT2D eigenvalue weighted by atomic mass is 10.1. The maximum Gasteiger partial charge on any atom is 0.191 e. The van der Waals surface area contributed by atoms with E-state index in [0.29, 0.717) is 11.0 Å². The van der Waals surface area contributed by atoms with Gasteiger partial charge in [-0.15, -0.1) is 0 Å². The van der Waals surface area contributed by atoms with E-state index >= 15 is 0 Å². The first kappa shape index (κ1) is 14.0. The Bertz CT molecular complexity index is 559. The summed E-state index contributed by atoms with van der Waals surface area (Å²) in [4.78, 5) is 8.49. The zero-order chi connectivity index (χ0) is 13.8. The van der Waals surface area contributed by atoms with Gasteiger partial charge in [0.25, 0.3) is 0 Å². The Morgan fingerprint density at radius 1 is 1.26 bits per heavy atom. The highest BCUT2D eigenvalue weighted by Gasteiger charge is 2.08. The number of nitrogen functional groups attached to an aromatic ring is 1. The highest BCUT2D eigenvalue weighted by atomic mass is 35.5. The van der Waals surface area contributed by atoms with Gasteiger partial charge in [-0.3, -0.25) is 0 Å². The number of nitrogens with one attached hydrogen (secondary N) is 1. The van der Waals surface area contributed by atoms with Gasteiger partial charge in [-0.1, -0.05) is 35.5 Å². The van der Waals surface area contributed by atoms with E-state index in [1.165, 1.54) is 11.8 Å². The smallest absolute Gasteiger partial charge is 0.191 e. The van der Waals surface area contributed by atoms with E-state index in [-0.39, 0.29) is 6.04 Å². The molecule has 2 aromatic rings. The first-order valence-corrected chi connectivity index (χ1v) is 7.39. The molecule has 0 bridgehead atoms. The molecule has 1 aromatic heterocycles. The van der Waals surface area contributed by atoms with Gasteiger partial charge in [-0.25, -0.2) is 9.97 Å². The molecule has 0 amide bonds. The fourth-order valence-corrected chi connectivity index (χ4v) is 2.18. The van der Waals surface area contributed by atoms with Crippen molar-refractivity contribution in [3.8, 4) is 0 Å². The summed E-state index contributed by atoms with van der Waals surface area (Å²) in [6.07, 6.45) is 1.92. The molecular weight excluding hydrogens is 280 g/mol. The molecule has 0 aliphatic heterocycles. The van der Waals surface area contributed by atoms with E-state index in [0.717, 1.165) is 16.4 Å². The molecule has 1 aromatic carbocycles. The molecule has 19 heavy (non-hydrogen) atoms. The third-order valence-corrected chi connectivity index (χ3v) is 3.44. The van der Waals surface area contributed by atoms with Crippen LogP contribution in [0.1, 0.15) is 18.5 Å². The minimum absolute atomic E-state index is 0.112. The van der Waals surface area contributed by atoms with E-state index in [2.05, 4.69) is 22.2 Å². The van der Waals surface area contributed by atoms with Crippen molar-refractivity contribution < 1.29 is 0 Å². The van der Waals surface area contributed by atoms with Crippen LogP contribution in [0.15, 0.2) is 35.5 Å². The molecule has 4 nitrogen and oxygen atoms in total. The quantitative estimate of drug-likeness (QED) is 0.666. The van der Waals surface area contributed by atoms with Crippen LogP contribution in [0.2, 0.25) is 5.02 Å². The lowest BCUT2D eigenvalue weighted by Gasteiger charge is -2.15. The van der Waals surface area contributed by atoms with Gasteiger partial charge in [-0.2, -0.15) is 0 Å². The third kappa shape index (κ3) is 3.75. The monoisotopic (exact) mass is 294 g/mol. The molecule has 0 spiro atoms. The average Bonchev–Trinajstić information content (AvgIpc) is 2.38. The van der Waals surface area contributed by atoms with E-state index in [1.807, 2.05) is 30.5 Å². The maximum atomic E-state index is 5.88. The fourth-order valence-electron chi connectivity index (χ4n) is 1.66. The van der Waals surface area contributed by atoms with Gasteiger partial charge < -0.3 is 11.1 Å². The van der Waals surface area contributed by atoms with E-state index in [1.54, 1.807) is 6.07 Å². The predicted molar refractivity (Wildman–Crippen MR) is 81.7 cm³/mol. The molecule has 1 unspecified atom stereocenters. The summed E-state index contributed by atoms with van der Waals surface area (Å²) >= 11 is 7.34. The minimum atomic E-state index is 0.112. The molecule has 100 valence electrons. The van der Waals surface area contributed by atoms with Crippen molar-refractivity contribution in [2.45, 2.75) is 18.1 Å². The number of rotatable bonds is 4. The summed E-state index contributed by atoms with van der Waals surface area (Å²) in [6.45, 7) is 2.06. The van der Waals surface area contributed by atoms with Crippen LogP contribution in [0.3, 0.4) is 0 Å². The normalized spacial score (nSPS) is 12.2. The van der Waals surface area contributed by atoms with Gasteiger partial charge in [0.1, 0.15) is 11.6 Å².